The monoisotopic (exact) mass is 580 g/mol. The predicted octanol–water partition coefficient (Wildman–Crippen LogP) is 6.08. The van der Waals surface area contributed by atoms with Crippen LogP contribution >= 0.6 is 0 Å². The van der Waals surface area contributed by atoms with Gasteiger partial charge in [-0.2, -0.15) is 0 Å². The van der Waals surface area contributed by atoms with E-state index >= 15 is 0 Å². The lowest BCUT2D eigenvalue weighted by Crippen LogP contribution is -2.62. The molecular formula is C34H44O8. The highest BCUT2D eigenvalue weighted by Crippen LogP contribution is 2.52. The van der Waals surface area contributed by atoms with Crippen molar-refractivity contribution in [2.75, 3.05) is 14.2 Å². The predicted molar refractivity (Wildman–Crippen MR) is 154 cm³/mol. The molecule has 3 aliphatic carbocycles. The van der Waals surface area contributed by atoms with Crippen molar-refractivity contribution in [1.29, 1.82) is 0 Å². The maximum absolute atomic E-state index is 6.93. The highest BCUT2D eigenvalue weighted by molar-refractivity contribution is 5.27. The van der Waals surface area contributed by atoms with E-state index in [0.29, 0.717) is 13.2 Å². The van der Waals surface area contributed by atoms with Gasteiger partial charge in [0.1, 0.15) is 48.1 Å². The molecule has 2 aromatic carbocycles. The number of benzene rings is 2. The molecular weight excluding hydrogens is 536 g/mol. The van der Waals surface area contributed by atoms with Gasteiger partial charge in [-0.3, -0.25) is 0 Å². The molecule has 228 valence electrons. The van der Waals surface area contributed by atoms with Gasteiger partial charge in [0.05, 0.1) is 27.4 Å². The maximum Gasteiger partial charge on any atom is 0.169 e. The van der Waals surface area contributed by atoms with Gasteiger partial charge in [-0.25, -0.2) is 0 Å². The van der Waals surface area contributed by atoms with Gasteiger partial charge in [-0.05, 0) is 61.1 Å². The molecule has 8 nitrogen and oxygen atoms in total. The van der Waals surface area contributed by atoms with Crippen LogP contribution in [0.5, 0.6) is 11.5 Å². The molecule has 2 aliphatic heterocycles. The molecule has 5 aliphatic rings. The van der Waals surface area contributed by atoms with Crippen molar-refractivity contribution < 1.29 is 37.9 Å². The van der Waals surface area contributed by atoms with Gasteiger partial charge in [0.2, 0.25) is 0 Å². The quantitative estimate of drug-likeness (QED) is 0.372. The van der Waals surface area contributed by atoms with Gasteiger partial charge in [-0.1, -0.05) is 37.1 Å². The maximum atomic E-state index is 6.93. The molecule has 0 radical (unpaired) electrons. The van der Waals surface area contributed by atoms with E-state index in [2.05, 4.69) is 0 Å². The standard InChI is InChI=1S/C34H44O8/c1-35-25-13-9-23(10-14-25)21-37-27-29-31(41-33(39-29)17-5-3-6-18-33)28(38-22-24-11-15-26(36-2)16-12-24)32-30(27)40-34(42-32)19-7-4-8-20-34/h9-16,27-32H,3-8,17-22H2,1-2H3/t27?,28?,29-,30-,31-,32+/m0/s1. The summed E-state index contributed by atoms with van der Waals surface area (Å²) in [7, 11) is 3.36. The first-order chi connectivity index (χ1) is 20.6. The molecule has 5 fully saturated rings. The highest BCUT2D eigenvalue weighted by Gasteiger charge is 2.66. The van der Waals surface area contributed by atoms with E-state index < -0.39 is 11.6 Å². The smallest absolute Gasteiger partial charge is 0.169 e. The summed E-state index contributed by atoms with van der Waals surface area (Å²) in [6, 6.07) is 16.0. The summed E-state index contributed by atoms with van der Waals surface area (Å²) in [5, 5.41) is 0. The number of hydrogen-bond acceptors (Lipinski definition) is 8. The van der Waals surface area contributed by atoms with Gasteiger partial charge in [0.15, 0.2) is 11.6 Å². The van der Waals surface area contributed by atoms with E-state index in [0.717, 1.165) is 74.0 Å². The molecule has 2 spiro atoms. The van der Waals surface area contributed by atoms with Crippen LogP contribution in [0.2, 0.25) is 0 Å². The van der Waals surface area contributed by atoms with Crippen molar-refractivity contribution >= 4 is 0 Å². The van der Waals surface area contributed by atoms with Crippen molar-refractivity contribution in [3.8, 4) is 11.5 Å². The van der Waals surface area contributed by atoms with Gasteiger partial charge in [-0.15, -0.1) is 0 Å². The summed E-state index contributed by atoms with van der Waals surface area (Å²) in [5.41, 5.74) is 2.14. The minimum atomic E-state index is -0.599. The van der Waals surface area contributed by atoms with Crippen LogP contribution in [0, 0.1) is 0 Å². The van der Waals surface area contributed by atoms with Crippen LogP contribution in [0.1, 0.15) is 75.3 Å². The van der Waals surface area contributed by atoms with E-state index in [4.69, 9.17) is 37.9 Å². The van der Waals surface area contributed by atoms with Crippen molar-refractivity contribution in [2.24, 2.45) is 0 Å². The lowest BCUT2D eigenvalue weighted by molar-refractivity contribution is -0.229. The van der Waals surface area contributed by atoms with Crippen LogP contribution < -0.4 is 9.47 Å². The molecule has 3 saturated carbocycles. The molecule has 0 N–H and O–H groups in total. The van der Waals surface area contributed by atoms with E-state index in [1.54, 1.807) is 14.2 Å². The molecule has 42 heavy (non-hydrogen) atoms. The number of fused-ring (bicyclic) bond motifs is 2. The fraction of sp³-hybridized carbons (Fsp3) is 0.647. The minimum absolute atomic E-state index is 0.314. The van der Waals surface area contributed by atoms with Gasteiger partial charge >= 0.3 is 0 Å². The third-order valence-corrected chi connectivity index (χ3v) is 9.78. The van der Waals surface area contributed by atoms with E-state index in [1.165, 1.54) is 12.8 Å². The second-order valence-electron chi connectivity index (χ2n) is 12.5. The van der Waals surface area contributed by atoms with E-state index in [-0.39, 0.29) is 36.6 Å². The van der Waals surface area contributed by atoms with Crippen molar-refractivity contribution in [3.63, 3.8) is 0 Å². The summed E-state index contributed by atoms with van der Waals surface area (Å²) in [6.45, 7) is 0.871. The number of ether oxygens (including phenoxy) is 8. The van der Waals surface area contributed by atoms with Crippen LogP contribution in [0.25, 0.3) is 0 Å². The fourth-order valence-electron chi connectivity index (χ4n) is 7.57. The van der Waals surface area contributed by atoms with Crippen LogP contribution in [0.15, 0.2) is 48.5 Å². The summed E-state index contributed by atoms with van der Waals surface area (Å²) in [4.78, 5) is 0. The summed E-state index contributed by atoms with van der Waals surface area (Å²) >= 11 is 0. The largest absolute Gasteiger partial charge is 0.497 e. The fourth-order valence-corrected chi connectivity index (χ4v) is 7.57. The Morgan fingerprint density at radius 2 is 0.857 bits per heavy atom. The van der Waals surface area contributed by atoms with E-state index in [1.807, 2.05) is 48.5 Å². The van der Waals surface area contributed by atoms with E-state index in [9.17, 15) is 0 Å². The Morgan fingerprint density at radius 3 is 1.17 bits per heavy atom. The average Bonchev–Trinajstić information content (AvgIpc) is 3.58. The van der Waals surface area contributed by atoms with Gasteiger partial charge in [0.25, 0.3) is 0 Å². The summed E-state index contributed by atoms with van der Waals surface area (Å²) in [6.07, 6.45) is 8.40. The number of methoxy groups -OCH3 is 2. The first kappa shape index (κ1) is 28.6. The van der Waals surface area contributed by atoms with Gasteiger partial charge < -0.3 is 37.9 Å². The van der Waals surface area contributed by atoms with Crippen molar-refractivity contribution in [3.05, 3.63) is 59.7 Å². The molecule has 0 bridgehead atoms. The Labute approximate surface area is 248 Å². The van der Waals surface area contributed by atoms with Gasteiger partial charge in [0, 0.05) is 25.7 Å². The molecule has 7 rings (SSSR count). The van der Waals surface area contributed by atoms with Crippen LogP contribution in [-0.4, -0.2) is 62.4 Å². The molecule has 2 heterocycles. The molecule has 0 aromatic heterocycles. The molecule has 2 aromatic rings. The molecule has 0 amide bonds. The Balaban J connectivity index is 1.18. The second-order valence-corrected chi connectivity index (χ2v) is 12.5. The first-order valence-corrected chi connectivity index (χ1v) is 15.8. The Bertz CT molecular complexity index is 1050. The Kier molecular flexibility index (Phi) is 8.20. The number of hydrogen-bond donors (Lipinski definition) is 0. The zero-order chi connectivity index (χ0) is 28.6. The Morgan fingerprint density at radius 1 is 0.524 bits per heavy atom. The normalized spacial score (nSPS) is 32.9. The lowest BCUT2D eigenvalue weighted by atomic mass is 9.84. The average molecular weight is 581 g/mol. The second kappa shape index (κ2) is 12.1. The summed E-state index contributed by atoms with van der Waals surface area (Å²) in [5.74, 6) is 0.454. The topological polar surface area (TPSA) is 73.8 Å². The SMILES string of the molecule is COc1ccc(COC2[C@H]3OC4(CCCCC4)O[C@H]3C(OCc3ccc(OC)cc3)[C@@H]3OC4(CCCCC4)O[C@@H]23)cc1. The molecule has 2 unspecified atom stereocenters. The molecule has 2 saturated heterocycles. The summed E-state index contributed by atoms with van der Waals surface area (Å²) < 4.78 is 51.9. The zero-order valence-electron chi connectivity index (χ0n) is 24.8. The van der Waals surface area contributed by atoms with Crippen molar-refractivity contribution in [1.82, 2.24) is 0 Å². The van der Waals surface area contributed by atoms with Crippen LogP contribution in [0.4, 0.5) is 0 Å². The first-order valence-electron chi connectivity index (χ1n) is 15.8. The molecule has 8 heteroatoms. The third-order valence-electron chi connectivity index (χ3n) is 9.78. The van der Waals surface area contributed by atoms with Crippen molar-refractivity contribution in [2.45, 2.75) is 126 Å². The van der Waals surface area contributed by atoms with Crippen LogP contribution in [0.3, 0.4) is 0 Å². The third kappa shape index (κ3) is 5.58. The number of rotatable bonds is 8. The minimum Gasteiger partial charge on any atom is -0.497 e. The van der Waals surface area contributed by atoms with Crippen LogP contribution in [-0.2, 0) is 41.6 Å². The Hall–Kier alpha value is -2.20. The lowest BCUT2D eigenvalue weighted by Gasteiger charge is -2.42. The highest BCUT2D eigenvalue weighted by atomic mass is 16.8. The molecule has 6 atom stereocenters. The zero-order valence-corrected chi connectivity index (χ0v) is 24.8.